The Morgan fingerprint density at radius 1 is 0.636 bits per heavy atom. The van der Waals surface area contributed by atoms with E-state index in [1.807, 2.05) is 0 Å². The zero-order valence-corrected chi connectivity index (χ0v) is 26.6. The van der Waals surface area contributed by atoms with E-state index in [1.165, 1.54) is 48.8 Å². The maximum Gasteiger partial charge on any atom is 0.432 e. The highest BCUT2D eigenvalue weighted by Gasteiger charge is 2.58. The maximum atomic E-state index is 6.95. The Morgan fingerprint density at radius 2 is 1.16 bits per heavy atom. The molecule has 0 saturated carbocycles. The molecule has 8 rings (SSSR count). The van der Waals surface area contributed by atoms with Crippen molar-refractivity contribution >= 4 is 48.1 Å². The van der Waals surface area contributed by atoms with Crippen LogP contribution in [0.4, 0.5) is 0 Å². The number of aryl methyl sites for hydroxylation is 1. The van der Waals surface area contributed by atoms with Crippen LogP contribution in [0.25, 0.3) is 0 Å². The monoisotopic (exact) mass is 607 g/mol. The van der Waals surface area contributed by atoms with Gasteiger partial charge < -0.3 is 4.74 Å². The van der Waals surface area contributed by atoms with Crippen LogP contribution in [0.2, 0.25) is 0 Å². The van der Waals surface area contributed by atoms with Gasteiger partial charge in [0, 0.05) is 10.9 Å². The Bertz CT molecular complexity index is 1840. The number of ether oxygens (including phenoxy) is 1. The van der Waals surface area contributed by atoms with Crippen LogP contribution in [0.1, 0.15) is 24.0 Å². The Labute approximate surface area is 262 Å². The molecule has 0 amide bonds. The van der Waals surface area contributed by atoms with Crippen LogP contribution in [0.5, 0.6) is 5.75 Å². The number of rotatable bonds is 6. The number of hydrogen-bond acceptors (Lipinski definition) is 1. The van der Waals surface area contributed by atoms with Crippen molar-refractivity contribution < 1.29 is 9.16 Å². The quantitative estimate of drug-likeness (QED) is 0.150. The molecule has 4 heteroatoms. The van der Waals surface area contributed by atoms with E-state index >= 15 is 0 Å². The van der Waals surface area contributed by atoms with Crippen LogP contribution in [-0.4, -0.2) is 17.7 Å². The summed E-state index contributed by atoms with van der Waals surface area (Å²) in [4.78, 5) is 0. The zero-order valence-electron chi connectivity index (χ0n) is 24.8. The first kappa shape index (κ1) is 27.5. The molecule has 5 aromatic rings. The van der Waals surface area contributed by atoms with Crippen molar-refractivity contribution in [1.82, 2.24) is 0 Å². The van der Waals surface area contributed by atoms with Crippen molar-refractivity contribution in [2.24, 2.45) is 0 Å². The molecular formula is C40H33O2P2+. The average molecular weight is 608 g/mol. The van der Waals surface area contributed by atoms with Crippen molar-refractivity contribution in [2.45, 2.75) is 31.7 Å². The van der Waals surface area contributed by atoms with Gasteiger partial charge in [-0.1, -0.05) is 139 Å². The molecule has 0 saturated heterocycles. The van der Waals surface area contributed by atoms with E-state index in [4.69, 9.17) is 9.16 Å². The summed E-state index contributed by atoms with van der Waals surface area (Å²) < 4.78 is 13.9. The molecule has 1 aliphatic carbocycles. The molecule has 0 bridgehead atoms. The van der Waals surface area contributed by atoms with Gasteiger partial charge in [-0.3, -0.25) is 0 Å². The highest BCUT2D eigenvalue weighted by atomic mass is 31.1. The Morgan fingerprint density at radius 3 is 1.70 bits per heavy atom. The largest absolute Gasteiger partial charge is 0.432 e. The van der Waals surface area contributed by atoms with Crippen molar-refractivity contribution in [3.63, 3.8) is 0 Å². The van der Waals surface area contributed by atoms with Gasteiger partial charge >= 0.3 is 12.1 Å². The van der Waals surface area contributed by atoms with E-state index in [0.717, 1.165) is 11.5 Å². The van der Waals surface area contributed by atoms with Crippen LogP contribution < -0.4 is 31.3 Å². The predicted octanol–water partition coefficient (Wildman–Crippen LogP) is 7.06. The first-order valence-corrected chi connectivity index (χ1v) is 18.0. The van der Waals surface area contributed by atoms with Gasteiger partial charge in [-0.2, -0.15) is 0 Å². The van der Waals surface area contributed by atoms with Gasteiger partial charge in [0.2, 0.25) is 0 Å². The fourth-order valence-corrected chi connectivity index (χ4v) is 12.1. The normalized spacial score (nSPS) is 19.9. The summed E-state index contributed by atoms with van der Waals surface area (Å²) in [5, 5.41) is 6.62. The number of allylic oxidation sites excluding steroid dienone is 3. The van der Waals surface area contributed by atoms with Crippen molar-refractivity contribution in [3.05, 3.63) is 168 Å². The molecule has 1 unspecified atom stereocenters. The summed E-state index contributed by atoms with van der Waals surface area (Å²) in [7, 11) is -1.54. The molecule has 0 fully saturated rings. The van der Waals surface area contributed by atoms with Crippen LogP contribution in [0, 0.1) is 6.92 Å². The maximum absolute atomic E-state index is 6.95. The average Bonchev–Trinajstić information content (AvgIpc) is 3.60. The number of ketones is 1. The van der Waals surface area contributed by atoms with Gasteiger partial charge in [-0.25, -0.2) is 4.42 Å². The predicted molar refractivity (Wildman–Crippen MR) is 187 cm³/mol. The summed E-state index contributed by atoms with van der Waals surface area (Å²) in [6.45, 7) is 4.45. The van der Waals surface area contributed by atoms with Crippen LogP contribution >= 0.6 is 15.8 Å². The van der Waals surface area contributed by atoms with E-state index in [-0.39, 0.29) is 17.9 Å². The summed E-state index contributed by atoms with van der Waals surface area (Å²) in [6, 6.07) is 48.3. The van der Waals surface area contributed by atoms with Gasteiger partial charge in [0.05, 0.1) is 5.57 Å². The second-order valence-corrected chi connectivity index (χ2v) is 16.2. The number of fused-ring (bicyclic) bond motifs is 5. The van der Waals surface area contributed by atoms with Gasteiger partial charge in [0.15, 0.2) is 5.92 Å². The lowest BCUT2D eigenvalue weighted by Gasteiger charge is -2.26. The zero-order chi connectivity index (χ0) is 29.6. The molecule has 3 atom stereocenters. The number of hydrogen-bond donors (Lipinski definition) is 0. The minimum atomic E-state index is -0.807. The Balaban J connectivity index is 1.24. The molecule has 0 radical (unpaired) electrons. The molecule has 214 valence electrons. The fraction of sp³-hybridized carbons (Fsp3) is 0.125. The lowest BCUT2D eigenvalue weighted by molar-refractivity contribution is -0.537. The van der Waals surface area contributed by atoms with Crippen LogP contribution in [-0.2, 0) is 4.42 Å². The van der Waals surface area contributed by atoms with E-state index in [0.29, 0.717) is 0 Å². The standard InChI is InChI=1S/C40H33O2P2/c1-27-23-33-37-34-24-28(2)26-36(44(31-19-11-5-12-20-31)32-21-13-6-14-22-32)39(34)42-40(37)41-38(33)35(25-27)43(29-15-7-3-8-16-29)30-17-9-4-10-18-30/h3-26,35,37,40H,1-2H3/q+1/t35?,37-,40+/m1/s1. The first-order chi connectivity index (χ1) is 21.7. The van der Waals surface area contributed by atoms with E-state index in [1.54, 1.807) is 0 Å². The molecule has 0 aromatic heterocycles. The first-order valence-electron chi connectivity index (χ1n) is 15.2. The van der Waals surface area contributed by atoms with E-state index in [9.17, 15) is 0 Å². The third kappa shape index (κ3) is 4.78. The van der Waals surface area contributed by atoms with Gasteiger partial charge in [-0.05, 0) is 68.6 Å². The molecule has 2 aliphatic heterocycles. The minimum absolute atomic E-state index is 0.0524. The third-order valence-electron chi connectivity index (χ3n) is 8.64. The van der Waals surface area contributed by atoms with Crippen molar-refractivity contribution in [1.29, 1.82) is 0 Å². The van der Waals surface area contributed by atoms with Crippen LogP contribution in [0.3, 0.4) is 0 Å². The van der Waals surface area contributed by atoms with E-state index < -0.39 is 15.8 Å². The molecule has 2 heterocycles. The minimum Gasteiger partial charge on any atom is -0.409 e. The SMILES string of the molecule is CC1=CC(P(c2ccccc2)c2ccccc2)C2=[O+][C@H]3Oc4c(cc(C)cc4P(c4ccccc4)c4ccccc4)[C@H]3C2=C1. The van der Waals surface area contributed by atoms with Gasteiger partial charge in [-0.15, -0.1) is 0 Å². The summed E-state index contributed by atoms with van der Waals surface area (Å²) >= 11 is 0. The third-order valence-corrected chi connectivity index (χ3v) is 13.7. The topological polar surface area (TPSA) is 20.5 Å². The lowest BCUT2D eigenvalue weighted by Crippen LogP contribution is -2.30. The molecular weight excluding hydrogens is 574 g/mol. The molecule has 3 aliphatic rings. The Kier molecular flexibility index (Phi) is 7.14. The van der Waals surface area contributed by atoms with Crippen LogP contribution in [0.15, 0.2) is 157 Å². The second-order valence-electron chi connectivity index (χ2n) is 11.7. The smallest absolute Gasteiger partial charge is 0.409 e. The molecule has 0 N–H and O–H groups in total. The van der Waals surface area contributed by atoms with Crippen molar-refractivity contribution in [2.75, 3.05) is 0 Å². The summed E-state index contributed by atoms with van der Waals surface area (Å²) in [5.74, 6) is 2.13. The van der Waals surface area contributed by atoms with Crippen molar-refractivity contribution in [3.8, 4) is 5.75 Å². The lowest BCUT2D eigenvalue weighted by atomic mass is 9.85. The van der Waals surface area contributed by atoms with Gasteiger partial charge in [0.1, 0.15) is 11.4 Å². The molecule has 44 heavy (non-hydrogen) atoms. The number of carbonyl (C=O) groups excluding carboxylic acids is 1. The molecule has 0 spiro atoms. The highest BCUT2D eigenvalue weighted by Crippen LogP contribution is 2.53. The Hall–Kier alpha value is -4.09. The fourth-order valence-electron chi connectivity index (χ4n) is 6.83. The molecule has 2 nitrogen and oxygen atoms in total. The summed E-state index contributed by atoms with van der Waals surface area (Å²) in [5.41, 5.74) is 5.21. The summed E-state index contributed by atoms with van der Waals surface area (Å²) in [6.07, 6.45) is 4.40. The second kappa shape index (κ2) is 11.4. The molecule has 5 aromatic carbocycles. The number of benzene rings is 5. The van der Waals surface area contributed by atoms with Gasteiger partial charge in [0.25, 0.3) is 0 Å². The highest BCUT2D eigenvalue weighted by molar-refractivity contribution is 7.80. The van der Waals surface area contributed by atoms with E-state index in [2.05, 4.69) is 159 Å².